The van der Waals surface area contributed by atoms with Gasteiger partial charge in [-0.2, -0.15) is 4.31 Å². The van der Waals surface area contributed by atoms with E-state index in [1.54, 1.807) is 0 Å². The molecule has 0 amide bonds. The first-order valence-corrected chi connectivity index (χ1v) is 14.1. The number of halogens is 2. The second-order valence-corrected chi connectivity index (χ2v) is 11.9. The summed E-state index contributed by atoms with van der Waals surface area (Å²) >= 11 is 12.1. The van der Waals surface area contributed by atoms with Gasteiger partial charge in [0.2, 0.25) is 10.0 Å². The number of hydrogen-bond donors (Lipinski definition) is 1. The smallest absolute Gasteiger partial charge is 0.328 e. The van der Waals surface area contributed by atoms with Gasteiger partial charge in [-0.05, 0) is 36.2 Å². The summed E-state index contributed by atoms with van der Waals surface area (Å²) in [6, 6.07) is 11.4. The van der Waals surface area contributed by atoms with Crippen LogP contribution in [0.25, 0.3) is 10.9 Å². The molecule has 0 spiro atoms. The van der Waals surface area contributed by atoms with Crippen molar-refractivity contribution in [1.82, 2.24) is 19.2 Å². The maximum Gasteiger partial charge on any atom is 0.328 e. The number of para-hydroxylation sites is 1. The quantitative estimate of drug-likeness (QED) is 0.408. The van der Waals surface area contributed by atoms with Crippen LogP contribution in [0.1, 0.15) is 19.7 Å². The van der Waals surface area contributed by atoms with Crippen LogP contribution in [0.4, 0.5) is 5.82 Å². The molecule has 0 radical (unpaired) electrons. The lowest BCUT2D eigenvalue weighted by Crippen LogP contribution is -2.48. The second-order valence-electron chi connectivity index (χ2n) is 9.15. The fraction of sp³-hybridized carbons (Fsp3) is 0.400. The highest BCUT2D eigenvalue weighted by Gasteiger charge is 2.31. The Labute approximate surface area is 226 Å². The number of methoxy groups -OCH3 is 1. The van der Waals surface area contributed by atoms with Gasteiger partial charge < -0.3 is 10.1 Å². The second kappa shape index (κ2) is 11.5. The van der Waals surface area contributed by atoms with Crippen molar-refractivity contribution < 1.29 is 17.9 Å². The van der Waals surface area contributed by atoms with E-state index in [1.165, 1.54) is 29.6 Å². The number of carbonyl (C=O) groups is 1. The molecule has 1 N–H and O–H groups in total. The summed E-state index contributed by atoms with van der Waals surface area (Å²) in [5.41, 5.74) is 0.751. The van der Waals surface area contributed by atoms with Crippen LogP contribution < -0.4 is 5.32 Å². The summed E-state index contributed by atoms with van der Waals surface area (Å²) in [6.07, 6.45) is 0. The lowest BCUT2D eigenvalue weighted by atomic mass is 10.0. The summed E-state index contributed by atoms with van der Waals surface area (Å²) in [6.45, 7) is 5.91. The van der Waals surface area contributed by atoms with E-state index in [-0.39, 0.29) is 21.8 Å². The zero-order chi connectivity index (χ0) is 26.7. The number of hydrogen-bond acceptors (Lipinski definition) is 8. The molecule has 37 heavy (non-hydrogen) atoms. The van der Waals surface area contributed by atoms with Crippen molar-refractivity contribution in [3.05, 3.63) is 58.3 Å². The maximum absolute atomic E-state index is 13.1. The molecule has 0 aliphatic carbocycles. The molecule has 198 valence electrons. The fourth-order valence-corrected chi connectivity index (χ4v) is 6.40. The van der Waals surface area contributed by atoms with Crippen molar-refractivity contribution in [3.8, 4) is 0 Å². The third-order valence-corrected chi connectivity index (χ3v) is 8.89. The van der Waals surface area contributed by atoms with Gasteiger partial charge in [0.1, 0.15) is 22.6 Å². The number of piperazine rings is 1. The first-order valence-electron chi connectivity index (χ1n) is 11.9. The highest BCUT2D eigenvalue weighted by atomic mass is 35.5. The molecule has 12 heteroatoms. The number of rotatable bonds is 8. The van der Waals surface area contributed by atoms with E-state index in [1.807, 2.05) is 38.1 Å². The van der Waals surface area contributed by atoms with Crippen LogP contribution in [-0.2, 0) is 26.1 Å². The molecule has 1 aromatic heterocycles. The third kappa shape index (κ3) is 6.15. The standard InChI is InChI=1S/C25H29Cl2N5O4S/c1-16(2)23(25(33)36-3)30-24-18-6-4-5-7-20(18)28-22(29-24)15-31-10-12-32(13-11-31)37(34,35)21-9-8-17(26)14-19(21)27/h4-9,14,16,23H,10-13,15H2,1-3H3,(H,28,29,30)/t23-/m0/s1. The Bertz CT molecular complexity index is 1400. The lowest BCUT2D eigenvalue weighted by molar-refractivity contribution is -0.142. The number of fused-ring (bicyclic) bond motifs is 1. The molecule has 1 atom stereocenters. The van der Waals surface area contributed by atoms with Crippen molar-refractivity contribution in [3.63, 3.8) is 0 Å². The largest absolute Gasteiger partial charge is 0.467 e. The van der Waals surface area contributed by atoms with Gasteiger partial charge in [0.15, 0.2) is 0 Å². The van der Waals surface area contributed by atoms with Gasteiger partial charge in [-0.1, -0.05) is 49.2 Å². The SMILES string of the molecule is COC(=O)[C@@H](Nc1nc(CN2CCN(S(=O)(=O)c3ccc(Cl)cc3Cl)CC2)nc2ccccc12)C(C)C. The van der Waals surface area contributed by atoms with Gasteiger partial charge in [0, 0.05) is 36.6 Å². The predicted molar refractivity (Wildman–Crippen MR) is 144 cm³/mol. The lowest BCUT2D eigenvalue weighted by Gasteiger charge is -2.33. The van der Waals surface area contributed by atoms with Crippen LogP contribution in [0.15, 0.2) is 47.4 Å². The molecular weight excluding hydrogens is 537 g/mol. The topological polar surface area (TPSA) is 105 Å². The highest BCUT2D eigenvalue weighted by Crippen LogP contribution is 2.28. The number of sulfonamides is 1. The summed E-state index contributed by atoms with van der Waals surface area (Å²) in [5.74, 6) is 0.750. The number of esters is 1. The van der Waals surface area contributed by atoms with Crippen LogP contribution in [0.3, 0.4) is 0 Å². The number of anilines is 1. The van der Waals surface area contributed by atoms with E-state index in [2.05, 4.69) is 10.2 Å². The Kier molecular flexibility index (Phi) is 8.55. The molecule has 2 heterocycles. The molecule has 1 aliphatic rings. The number of aromatic nitrogens is 2. The van der Waals surface area contributed by atoms with Crippen molar-refractivity contribution >= 4 is 55.9 Å². The Hall–Kier alpha value is -2.50. The average molecular weight is 567 g/mol. The number of nitrogens with one attached hydrogen (secondary N) is 1. The molecule has 2 aromatic carbocycles. The van der Waals surface area contributed by atoms with Gasteiger partial charge in [-0.25, -0.2) is 23.2 Å². The minimum atomic E-state index is -3.74. The normalized spacial score (nSPS) is 16.2. The Morgan fingerprint density at radius 3 is 2.43 bits per heavy atom. The predicted octanol–water partition coefficient (Wildman–Crippen LogP) is 4.05. The van der Waals surface area contributed by atoms with Crippen LogP contribution in [0.2, 0.25) is 10.0 Å². The molecular formula is C25H29Cl2N5O4S. The van der Waals surface area contributed by atoms with Gasteiger partial charge in [0.05, 0.1) is 24.2 Å². The van der Waals surface area contributed by atoms with E-state index in [0.717, 1.165) is 10.9 Å². The van der Waals surface area contributed by atoms with Crippen LogP contribution in [0, 0.1) is 5.92 Å². The summed E-state index contributed by atoms with van der Waals surface area (Å²) in [4.78, 5) is 23.9. The van der Waals surface area contributed by atoms with Crippen LogP contribution in [-0.4, -0.2) is 72.9 Å². The molecule has 1 fully saturated rings. The third-order valence-electron chi connectivity index (χ3n) is 6.27. The van der Waals surface area contributed by atoms with Gasteiger partial charge in [-0.15, -0.1) is 0 Å². The zero-order valence-electron chi connectivity index (χ0n) is 20.8. The molecule has 9 nitrogen and oxygen atoms in total. The number of nitrogens with zero attached hydrogens (tertiary/aromatic N) is 4. The van der Waals surface area contributed by atoms with E-state index in [9.17, 15) is 13.2 Å². The summed E-state index contributed by atoms with van der Waals surface area (Å²) in [7, 11) is -2.38. The monoisotopic (exact) mass is 565 g/mol. The van der Waals surface area contributed by atoms with E-state index < -0.39 is 16.1 Å². The highest BCUT2D eigenvalue weighted by molar-refractivity contribution is 7.89. The number of carbonyl (C=O) groups excluding carboxylic acids is 1. The van der Waals surface area contributed by atoms with Crippen LogP contribution in [0.5, 0.6) is 0 Å². The van der Waals surface area contributed by atoms with Crippen molar-refractivity contribution in [2.24, 2.45) is 5.92 Å². The van der Waals surface area contributed by atoms with Crippen molar-refractivity contribution in [2.75, 3.05) is 38.6 Å². The van der Waals surface area contributed by atoms with E-state index in [4.69, 9.17) is 37.9 Å². The molecule has 1 aliphatic heterocycles. The fourth-order valence-electron chi connectivity index (χ4n) is 4.23. The Morgan fingerprint density at radius 1 is 1.08 bits per heavy atom. The molecule has 1 saturated heterocycles. The molecule has 0 saturated carbocycles. The average Bonchev–Trinajstić information content (AvgIpc) is 2.86. The number of benzene rings is 2. The molecule has 0 unspecified atom stereocenters. The van der Waals surface area contributed by atoms with E-state index in [0.29, 0.717) is 49.4 Å². The zero-order valence-corrected chi connectivity index (χ0v) is 23.1. The molecule has 0 bridgehead atoms. The Balaban J connectivity index is 1.51. The van der Waals surface area contributed by atoms with Gasteiger partial charge in [-0.3, -0.25) is 4.90 Å². The first-order chi connectivity index (χ1) is 17.6. The maximum atomic E-state index is 13.1. The minimum Gasteiger partial charge on any atom is -0.467 e. The molecule has 4 rings (SSSR count). The summed E-state index contributed by atoms with van der Waals surface area (Å²) < 4.78 is 32.6. The minimum absolute atomic E-state index is 0.0196. The molecule has 3 aromatic rings. The van der Waals surface area contributed by atoms with E-state index >= 15 is 0 Å². The number of ether oxygens (including phenoxy) is 1. The van der Waals surface area contributed by atoms with Crippen LogP contribution >= 0.6 is 23.2 Å². The van der Waals surface area contributed by atoms with Crippen molar-refractivity contribution in [1.29, 1.82) is 0 Å². The van der Waals surface area contributed by atoms with Crippen molar-refractivity contribution in [2.45, 2.75) is 31.3 Å². The summed E-state index contributed by atoms with van der Waals surface area (Å²) in [5, 5.41) is 4.53. The first kappa shape index (κ1) is 27.5. The van der Waals surface area contributed by atoms with Gasteiger partial charge >= 0.3 is 5.97 Å². The Morgan fingerprint density at radius 2 is 1.78 bits per heavy atom. The van der Waals surface area contributed by atoms with Gasteiger partial charge in [0.25, 0.3) is 0 Å².